The van der Waals surface area contributed by atoms with Gasteiger partial charge in [0.15, 0.2) is 5.82 Å². The Labute approximate surface area is 146 Å². The molecule has 4 rings (SSSR count). The van der Waals surface area contributed by atoms with E-state index in [4.69, 9.17) is 4.52 Å². The van der Waals surface area contributed by atoms with Gasteiger partial charge in [-0.2, -0.15) is 10.1 Å². The van der Waals surface area contributed by atoms with E-state index in [1.807, 2.05) is 0 Å². The van der Waals surface area contributed by atoms with Crippen LogP contribution in [0.2, 0.25) is 0 Å². The van der Waals surface area contributed by atoms with Crippen LogP contribution in [-0.4, -0.2) is 30.5 Å². The van der Waals surface area contributed by atoms with Gasteiger partial charge in [-0.05, 0) is 31.6 Å². The minimum absolute atomic E-state index is 0.0613. The lowest BCUT2D eigenvalue weighted by Crippen LogP contribution is -2.39. The molecule has 0 bridgehead atoms. The summed E-state index contributed by atoms with van der Waals surface area (Å²) in [5, 5.41) is 12.1. The molecule has 2 aromatic heterocycles. The van der Waals surface area contributed by atoms with E-state index in [1.54, 1.807) is 18.7 Å². The van der Waals surface area contributed by atoms with Gasteiger partial charge < -0.3 is 9.84 Å². The second kappa shape index (κ2) is 6.74. The molecule has 0 unspecified atom stereocenters. The Morgan fingerprint density at radius 1 is 1.20 bits per heavy atom. The SMILES string of the molecule is Cn1nc(C[C@H]2CCCC[C@H]2NCc2nc(C3CC3)no2)n(C)c1=O. The van der Waals surface area contributed by atoms with Crippen molar-refractivity contribution in [2.24, 2.45) is 20.0 Å². The van der Waals surface area contributed by atoms with Crippen LogP contribution in [0.1, 0.15) is 62.0 Å². The number of aromatic nitrogens is 5. The summed E-state index contributed by atoms with van der Waals surface area (Å²) in [6.07, 6.45) is 7.93. The summed E-state index contributed by atoms with van der Waals surface area (Å²) >= 11 is 0. The van der Waals surface area contributed by atoms with Gasteiger partial charge in [0.05, 0.1) is 6.54 Å². The number of nitrogens with one attached hydrogen (secondary N) is 1. The number of aryl methyl sites for hydroxylation is 1. The van der Waals surface area contributed by atoms with Crippen molar-refractivity contribution in [3.8, 4) is 0 Å². The molecule has 136 valence electrons. The Morgan fingerprint density at radius 3 is 2.72 bits per heavy atom. The lowest BCUT2D eigenvalue weighted by molar-refractivity contribution is 0.244. The molecule has 0 amide bonds. The summed E-state index contributed by atoms with van der Waals surface area (Å²) in [4.78, 5) is 16.4. The summed E-state index contributed by atoms with van der Waals surface area (Å²) in [5.74, 6) is 3.39. The highest BCUT2D eigenvalue weighted by molar-refractivity contribution is 5.03. The Morgan fingerprint density at radius 2 is 2.00 bits per heavy atom. The topological polar surface area (TPSA) is 90.8 Å². The highest BCUT2D eigenvalue weighted by Gasteiger charge is 2.30. The van der Waals surface area contributed by atoms with Crippen molar-refractivity contribution in [3.63, 3.8) is 0 Å². The lowest BCUT2D eigenvalue weighted by Gasteiger charge is -2.31. The molecule has 0 aromatic carbocycles. The van der Waals surface area contributed by atoms with E-state index in [-0.39, 0.29) is 5.69 Å². The zero-order chi connectivity index (χ0) is 17.4. The van der Waals surface area contributed by atoms with Gasteiger partial charge in [0.1, 0.15) is 5.82 Å². The first-order valence-electron chi connectivity index (χ1n) is 9.26. The van der Waals surface area contributed by atoms with Crippen LogP contribution >= 0.6 is 0 Å². The standard InChI is InChI=1S/C17H26N6O2/c1-22-14(20-23(2)17(22)24)9-12-5-3-4-6-13(12)18-10-15-19-16(21-25-15)11-7-8-11/h11-13,18H,3-10H2,1-2H3/t12-,13-/m1/s1. The Kier molecular flexibility index (Phi) is 4.45. The van der Waals surface area contributed by atoms with Crippen LogP contribution < -0.4 is 11.0 Å². The Balaban J connectivity index is 1.39. The molecular weight excluding hydrogens is 320 g/mol. The Bertz CT molecular complexity index is 787. The molecule has 2 aromatic rings. The van der Waals surface area contributed by atoms with Crippen molar-refractivity contribution in [1.29, 1.82) is 0 Å². The van der Waals surface area contributed by atoms with Crippen molar-refractivity contribution in [1.82, 2.24) is 29.8 Å². The maximum absolute atomic E-state index is 11.9. The summed E-state index contributed by atoms with van der Waals surface area (Å²) in [6.45, 7) is 0.613. The first kappa shape index (κ1) is 16.5. The van der Waals surface area contributed by atoms with Crippen LogP contribution in [0.4, 0.5) is 0 Å². The van der Waals surface area contributed by atoms with Crippen molar-refractivity contribution in [2.75, 3.05) is 0 Å². The molecule has 8 nitrogen and oxygen atoms in total. The average molecular weight is 346 g/mol. The van der Waals surface area contributed by atoms with E-state index < -0.39 is 0 Å². The molecule has 2 aliphatic carbocycles. The van der Waals surface area contributed by atoms with Crippen LogP contribution in [0.15, 0.2) is 9.32 Å². The smallest absolute Gasteiger partial charge is 0.338 e. The molecule has 0 aliphatic heterocycles. The second-order valence-electron chi connectivity index (χ2n) is 7.44. The molecule has 0 saturated heterocycles. The fourth-order valence-electron chi connectivity index (χ4n) is 3.81. The summed E-state index contributed by atoms with van der Waals surface area (Å²) in [6, 6.07) is 0.391. The largest absolute Gasteiger partial charge is 0.345 e. The first-order chi connectivity index (χ1) is 12.1. The fraction of sp³-hybridized carbons (Fsp3) is 0.765. The number of rotatable bonds is 6. The van der Waals surface area contributed by atoms with Crippen molar-refractivity contribution in [3.05, 3.63) is 28.0 Å². The summed E-state index contributed by atoms with van der Waals surface area (Å²) < 4.78 is 8.44. The third-order valence-electron chi connectivity index (χ3n) is 5.51. The van der Waals surface area contributed by atoms with Crippen LogP contribution in [0, 0.1) is 5.92 Å². The molecule has 2 heterocycles. The summed E-state index contributed by atoms with van der Waals surface area (Å²) in [5.41, 5.74) is -0.0613. The van der Waals surface area contributed by atoms with E-state index in [2.05, 4.69) is 20.6 Å². The van der Waals surface area contributed by atoms with Gasteiger partial charge in [-0.1, -0.05) is 18.0 Å². The van der Waals surface area contributed by atoms with Gasteiger partial charge in [-0.3, -0.25) is 4.57 Å². The third-order valence-corrected chi connectivity index (χ3v) is 5.51. The van der Waals surface area contributed by atoms with E-state index >= 15 is 0 Å². The zero-order valence-corrected chi connectivity index (χ0v) is 14.9. The predicted octanol–water partition coefficient (Wildman–Crippen LogP) is 1.27. The number of nitrogens with zero attached hydrogens (tertiary/aromatic N) is 5. The van der Waals surface area contributed by atoms with Crippen LogP contribution in [0.25, 0.3) is 0 Å². The molecular formula is C17H26N6O2. The maximum atomic E-state index is 11.9. The van der Waals surface area contributed by atoms with Gasteiger partial charge in [0.2, 0.25) is 5.89 Å². The monoisotopic (exact) mass is 346 g/mol. The molecule has 1 N–H and O–H groups in total. The van der Waals surface area contributed by atoms with E-state index in [9.17, 15) is 4.79 Å². The molecule has 0 spiro atoms. The minimum Gasteiger partial charge on any atom is -0.338 e. The highest BCUT2D eigenvalue weighted by atomic mass is 16.5. The van der Waals surface area contributed by atoms with Crippen LogP contribution in [0.5, 0.6) is 0 Å². The fourth-order valence-corrected chi connectivity index (χ4v) is 3.81. The lowest BCUT2D eigenvalue weighted by atomic mass is 9.82. The highest BCUT2D eigenvalue weighted by Crippen LogP contribution is 2.38. The van der Waals surface area contributed by atoms with Crippen molar-refractivity contribution >= 4 is 0 Å². The van der Waals surface area contributed by atoms with Gasteiger partial charge in [0.25, 0.3) is 0 Å². The summed E-state index contributed by atoms with van der Waals surface area (Å²) in [7, 11) is 3.50. The molecule has 2 atom stereocenters. The molecule has 8 heteroatoms. The predicted molar refractivity (Wildman–Crippen MR) is 91.0 cm³/mol. The zero-order valence-electron chi connectivity index (χ0n) is 14.9. The van der Waals surface area contributed by atoms with Crippen molar-refractivity contribution in [2.45, 2.75) is 63.5 Å². The van der Waals surface area contributed by atoms with Gasteiger partial charge in [-0.25, -0.2) is 9.48 Å². The second-order valence-corrected chi connectivity index (χ2v) is 7.44. The number of hydrogen-bond donors (Lipinski definition) is 1. The molecule has 0 radical (unpaired) electrons. The molecule has 2 aliphatic rings. The minimum atomic E-state index is -0.0613. The molecule has 2 fully saturated rings. The Hall–Kier alpha value is -1.96. The quantitative estimate of drug-likeness (QED) is 0.847. The van der Waals surface area contributed by atoms with Crippen molar-refractivity contribution < 1.29 is 4.52 Å². The van der Waals surface area contributed by atoms with E-state index in [0.29, 0.717) is 30.3 Å². The third kappa shape index (κ3) is 3.53. The average Bonchev–Trinajstić information content (AvgIpc) is 3.32. The van der Waals surface area contributed by atoms with Crippen LogP contribution in [-0.2, 0) is 27.1 Å². The number of hydrogen-bond acceptors (Lipinski definition) is 6. The van der Waals surface area contributed by atoms with Gasteiger partial charge in [-0.15, -0.1) is 0 Å². The maximum Gasteiger partial charge on any atom is 0.345 e. The molecule has 2 saturated carbocycles. The van der Waals surface area contributed by atoms with E-state index in [0.717, 1.165) is 30.9 Å². The first-order valence-corrected chi connectivity index (χ1v) is 9.26. The van der Waals surface area contributed by atoms with Crippen LogP contribution in [0.3, 0.4) is 0 Å². The normalized spacial score (nSPS) is 23.9. The molecule has 25 heavy (non-hydrogen) atoms. The van der Waals surface area contributed by atoms with Gasteiger partial charge >= 0.3 is 5.69 Å². The van der Waals surface area contributed by atoms with Gasteiger partial charge in [0, 0.05) is 32.5 Å². The van der Waals surface area contributed by atoms with E-state index in [1.165, 1.54) is 30.4 Å².